The monoisotopic (exact) mass is 482 g/mol. The van der Waals surface area contributed by atoms with Gasteiger partial charge in [-0.1, -0.05) is 20.3 Å². The number of piperidine rings is 1. The van der Waals surface area contributed by atoms with Crippen LogP contribution in [0.3, 0.4) is 0 Å². The number of thiazole rings is 1. The Morgan fingerprint density at radius 2 is 2.03 bits per heavy atom. The molecule has 0 saturated carbocycles. The van der Waals surface area contributed by atoms with E-state index in [2.05, 4.69) is 15.6 Å². The van der Waals surface area contributed by atoms with Crippen LogP contribution in [-0.2, 0) is 19.6 Å². The van der Waals surface area contributed by atoms with Crippen molar-refractivity contribution in [3.05, 3.63) is 41.7 Å². The molecule has 1 fully saturated rings. The van der Waals surface area contributed by atoms with Crippen LogP contribution in [0.5, 0.6) is 0 Å². The first-order valence-electron chi connectivity index (χ1n) is 10.5. The van der Waals surface area contributed by atoms with Gasteiger partial charge in [-0.25, -0.2) is 17.8 Å². The van der Waals surface area contributed by atoms with Crippen LogP contribution in [-0.4, -0.2) is 48.7 Å². The quantitative estimate of drug-likeness (QED) is 0.602. The maximum Gasteiger partial charge on any atom is 0.249 e. The van der Waals surface area contributed by atoms with Crippen LogP contribution in [0, 0.1) is 17.7 Å². The van der Waals surface area contributed by atoms with E-state index >= 15 is 0 Å². The van der Waals surface area contributed by atoms with Gasteiger partial charge in [0.25, 0.3) is 0 Å². The fourth-order valence-corrected chi connectivity index (χ4v) is 5.63. The molecule has 1 aromatic heterocycles. The molecular weight excluding hydrogens is 455 g/mol. The number of nitrogens with zero attached hydrogens (tertiary/aromatic N) is 2. The predicted molar refractivity (Wildman–Crippen MR) is 120 cm³/mol. The Kier molecular flexibility index (Phi) is 7.96. The maximum atomic E-state index is 13.2. The summed E-state index contributed by atoms with van der Waals surface area (Å²) in [5.74, 6) is -1.94. The molecule has 1 aliphatic heterocycles. The fraction of sp³-hybridized carbons (Fsp3) is 0.476. The summed E-state index contributed by atoms with van der Waals surface area (Å²) in [4.78, 5) is 29.8. The standard InChI is InChI=1S/C21H27FN4O4S2/c1-3-14(2)18(20(28)25-21-23-10-12-31-21)24-19(27)15-5-4-11-26(13-15)32(29,30)17-8-6-16(22)7-9-17/h6-10,12,14-15,18H,3-5,11,13H2,1-2H3,(H,24,27)(H,23,25,28)/t14-,15+,18-/m0/s1. The Labute approximate surface area is 191 Å². The molecule has 0 unspecified atom stereocenters. The third kappa shape index (κ3) is 5.70. The van der Waals surface area contributed by atoms with Crippen molar-refractivity contribution in [2.75, 3.05) is 18.4 Å². The van der Waals surface area contributed by atoms with E-state index in [9.17, 15) is 22.4 Å². The third-order valence-electron chi connectivity index (χ3n) is 5.66. The summed E-state index contributed by atoms with van der Waals surface area (Å²) in [7, 11) is -3.84. The summed E-state index contributed by atoms with van der Waals surface area (Å²) < 4.78 is 40.3. The van der Waals surface area contributed by atoms with Gasteiger partial charge < -0.3 is 10.6 Å². The number of hydrogen-bond donors (Lipinski definition) is 2. The first kappa shape index (κ1) is 24.3. The number of aromatic nitrogens is 1. The normalized spacial score (nSPS) is 19.2. The second-order valence-electron chi connectivity index (χ2n) is 7.85. The molecule has 1 aliphatic rings. The minimum atomic E-state index is -3.84. The molecule has 2 N–H and O–H groups in total. The molecule has 11 heteroatoms. The molecule has 0 spiro atoms. The highest BCUT2D eigenvalue weighted by atomic mass is 32.2. The zero-order valence-corrected chi connectivity index (χ0v) is 19.6. The van der Waals surface area contributed by atoms with Crippen molar-refractivity contribution in [1.82, 2.24) is 14.6 Å². The number of carbonyl (C=O) groups excluding carboxylic acids is 2. The van der Waals surface area contributed by atoms with Crippen LogP contribution in [0.15, 0.2) is 40.7 Å². The maximum absolute atomic E-state index is 13.2. The van der Waals surface area contributed by atoms with Crippen molar-refractivity contribution in [2.24, 2.45) is 11.8 Å². The van der Waals surface area contributed by atoms with Crippen LogP contribution in [0.25, 0.3) is 0 Å². The van der Waals surface area contributed by atoms with Gasteiger partial charge in [0.05, 0.1) is 10.8 Å². The summed E-state index contributed by atoms with van der Waals surface area (Å²) in [6.07, 6.45) is 3.28. The van der Waals surface area contributed by atoms with E-state index < -0.39 is 27.8 Å². The molecule has 174 valence electrons. The zero-order valence-electron chi connectivity index (χ0n) is 18.0. The number of anilines is 1. The van der Waals surface area contributed by atoms with Gasteiger partial charge in [0.2, 0.25) is 21.8 Å². The number of sulfonamides is 1. The average molecular weight is 483 g/mol. The molecule has 2 amide bonds. The van der Waals surface area contributed by atoms with Gasteiger partial charge in [-0.15, -0.1) is 11.3 Å². The highest BCUT2D eigenvalue weighted by Gasteiger charge is 2.35. The lowest BCUT2D eigenvalue weighted by molar-refractivity contribution is -0.131. The largest absolute Gasteiger partial charge is 0.344 e. The number of benzene rings is 1. The first-order valence-corrected chi connectivity index (χ1v) is 12.8. The Balaban J connectivity index is 1.69. The van der Waals surface area contributed by atoms with E-state index in [1.165, 1.54) is 27.8 Å². The lowest BCUT2D eigenvalue weighted by Crippen LogP contribution is -2.52. The van der Waals surface area contributed by atoms with E-state index in [0.717, 1.165) is 12.1 Å². The van der Waals surface area contributed by atoms with Crippen molar-refractivity contribution in [3.8, 4) is 0 Å². The molecule has 2 heterocycles. The van der Waals surface area contributed by atoms with E-state index in [-0.39, 0.29) is 35.7 Å². The molecule has 0 bridgehead atoms. The second-order valence-corrected chi connectivity index (χ2v) is 10.7. The molecule has 2 aromatic rings. The summed E-state index contributed by atoms with van der Waals surface area (Å²) in [6, 6.07) is 3.87. The van der Waals surface area contributed by atoms with Gasteiger partial charge in [0.15, 0.2) is 5.13 Å². The highest BCUT2D eigenvalue weighted by molar-refractivity contribution is 7.89. The molecule has 1 saturated heterocycles. The van der Waals surface area contributed by atoms with E-state index in [1.54, 1.807) is 11.6 Å². The minimum Gasteiger partial charge on any atom is -0.344 e. The van der Waals surface area contributed by atoms with E-state index in [4.69, 9.17) is 0 Å². The summed E-state index contributed by atoms with van der Waals surface area (Å²) in [5.41, 5.74) is 0. The number of rotatable bonds is 8. The SMILES string of the molecule is CC[C@H](C)[C@H](NC(=O)[C@@H]1CCCN(S(=O)(=O)c2ccc(F)cc2)C1)C(=O)Nc1nccs1. The second kappa shape index (κ2) is 10.5. The van der Waals surface area contributed by atoms with Crippen molar-refractivity contribution < 1.29 is 22.4 Å². The summed E-state index contributed by atoms with van der Waals surface area (Å²) in [6.45, 7) is 4.09. The van der Waals surface area contributed by atoms with Crippen molar-refractivity contribution in [3.63, 3.8) is 0 Å². The lowest BCUT2D eigenvalue weighted by Gasteiger charge is -2.32. The van der Waals surface area contributed by atoms with Crippen LogP contribution < -0.4 is 10.6 Å². The van der Waals surface area contributed by atoms with Gasteiger partial charge in [0, 0.05) is 24.7 Å². The molecule has 3 rings (SSSR count). The average Bonchev–Trinajstić information content (AvgIpc) is 3.30. The zero-order chi connectivity index (χ0) is 23.3. The third-order valence-corrected chi connectivity index (χ3v) is 8.23. The smallest absolute Gasteiger partial charge is 0.249 e. The highest BCUT2D eigenvalue weighted by Crippen LogP contribution is 2.25. The molecule has 8 nitrogen and oxygen atoms in total. The first-order chi connectivity index (χ1) is 15.2. The summed E-state index contributed by atoms with van der Waals surface area (Å²) in [5, 5.41) is 7.74. The Morgan fingerprint density at radius 1 is 1.31 bits per heavy atom. The summed E-state index contributed by atoms with van der Waals surface area (Å²) >= 11 is 1.28. The molecule has 32 heavy (non-hydrogen) atoms. The van der Waals surface area contributed by atoms with Crippen LogP contribution in [0.4, 0.5) is 9.52 Å². The Morgan fingerprint density at radius 3 is 2.66 bits per heavy atom. The van der Waals surface area contributed by atoms with Crippen molar-refractivity contribution >= 4 is 38.3 Å². The van der Waals surface area contributed by atoms with Gasteiger partial charge >= 0.3 is 0 Å². The van der Waals surface area contributed by atoms with Gasteiger partial charge in [-0.05, 0) is 43.0 Å². The topological polar surface area (TPSA) is 108 Å². The van der Waals surface area contributed by atoms with E-state index in [0.29, 0.717) is 24.4 Å². The molecule has 1 aromatic carbocycles. The van der Waals surface area contributed by atoms with Crippen molar-refractivity contribution in [2.45, 2.75) is 44.0 Å². The predicted octanol–water partition coefficient (Wildman–Crippen LogP) is 2.85. The molecule has 0 radical (unpaired) electrons. The van der Waals surface area contributed by atoms with Crippen LogP contribution in [0.1, 0.15) is 33.1 Å². The number of halogens is 1. The number of nitrogens with one attached hydrogen (secondary N) is 2. The van der Waals surface area contributed by atoms with Gasteiger partial charge in [-0.3, -0.25) is 9.59 Å². The Bertz CT molecular complexity index is 1030. The molecular formula is C21H27FN4O4S2. The lowest BCUT2D eigenvalue weighted by atomic mass is 9.95. The van der Waals surface area contributed by atoms with Crippen LogP contribution in [0.2, 0.25) is 0 Å². The van der Waals surface area contributed by atoms with Crippen molar-refractivity contribution in [1.29, 1.82) is 0 Å². The van der Waals surface area contributed by atoms with Crippen LogP contribution >= 0.6 is 11.3 Å². The molecule has 3 atom stereocenters. The van der Waals surface area contributed by atoms with E-state index in [1.807, 2.05) is 13.8 Å². The number of hydrogen-bond acceptors (Lipinski definition) is 6. The van der Waals surface area contributed by atoms with Gasteiger partial charge in [0.1, 0.15) is 11.9 Å². The fourth-order valence-electron chi connectivity index (χ4n) is 3.57. The number of carbonyl (C=O) groups is 2. The Hall–Kier alpha value is -2.37. The van der Waals surface area contributed by atoms with Gasteiger partial charge in [-0.2, -0.15) is 4.31 Å². The molecule has 0 aliphatic carbocycles. The number of amides is 2. The minimum absolute atomic E-state index is 0.00681.